The molecule has 0 aliphatic heterocycles. The number of aliphatic hydroxyl groups excluding tert-OH is 1. The van der Waals surface area contributed by atoms with Crippen molar-refractivity contribution in [2.24, 2.45) is 11.3 Å². The topological polar surface area (TPSA) is 40.5 Å². The molecule has 0 radical (unpaired) electrons. The van der Waals surface area contributed by atoms with Crippen LogP contribution in [0.2, 0.25) is 0 Å². The van der Waals surface area contributed by atoms with Crippen LogP contribution in [0.1, 0.15) is 46.0 Å². The van der Waals surface area contributed by atoms with Gasteiger partial charge < -0.3 is 10.0 Å². The first-order valence-electron chi connectivity index (χ1n) is 6.47. The summed E-state index contributed by atoms with van der Waals surface area (Å²) in [5, 5.41) is 9.08. The van der Waals surface area contributed by atoms with Crippen molar-refractivity contribution >= 4 is 5.91 Å². The van der Waals surface area contributed by atoms with Gasteiger partial charge in [-0.15, -0.1) is 0 Å². The second-order valence-electron chi connectivity index (χ2n) is 5.94. The van der Waals surface area contributed by atoms with Crippen LogP contribution in [-0.4, -0.2) is 35.1 Å². The second-order valence-corrected chi connectivity index (χ2v) is 5.94. The summed E-state index contributed by atoms with van der Waals surface area (Å²) in [5.41, 5.74) is 0.198. The van der Waals surface area contributed by atoms with Gasteiger partial charge in [0.05, 0.1) is 6.61 Å². The summed E-state index contributed by atoms with van der Waals surface area (Å²) in [4.78, 5) is 14.3. The van der Waals surface area contributed by atoms with Crippen molar-refractivity contribution in [3.8, 4) is 0 Å². The average Bonchev–Trinajstić information content (AvgIpc) is 2.70. The van der Waals surface area contributed by atoms with Gasteiger partial charge in [0.25, 0.3) is 0 Å². The van der Waals surface area contributed by atoms with Crippen LogP contribution >= 0.6 is 0 Å². The van der Waals surface area contributed by atoms with Gasteiger partial charge in [0, 0.05) is 18.5 Å². The molecule has 0 aromatic carbocycles. The zero-order valence-electron chi connectivity index (χ0n) is 10.4. The summed E-state index contributed by atoms with van der Waals surface area (Å²) < 4.78 is 0. The van der Waals surface area contributed by atoms with Gasteiger partial charge >= 0.3 is 0 Å². The predicted molar refractivity (Wildman–Crippen MR) is 62.9 cm³/mol. The summed E-state index contributed by atoms with van der Waals surface area (Å²) in [6.07, 6.45) is 5.72. The molecule has 2 rings (SSSR count). The molecule has 0 heterocycles. The number of carbonyl (C=O) groups excluding carboxylic acids is 1. The molecule has 0 saturated heterocycles. The van der Waals surface area contributed by atoms with E-state index in [1.165, 1.54) is 12.8 Å². The van der Waals surface area contributed by atoms with Gasteiger partial charge in [0.1, 0.15) is 0 Å². The van der Waals surface area contributed by atoms with Crippen LogP contribution in [-0.2, 0) is 4.79 Å². The van der Waals surface area contributed by atoms with E-state index < -0.39 is 0 Å². The summed E-state index contributed by atoms with van der Waals surface area (Å²) in [6.45, 7) is 4.92. The molecule has 1 amide bonds. The monoisotopic (exact) mass is 225 g/mol. The molecule has 3 heteroatoms. The minimum atomic E-state index is 0.0926. The first-order valence-corrected chi connectivity index (χ1v) is 6.47. The largest absolute Gasteiger partial charge is 0.395 e. The third kappa shape index (κ3) is 2.24. The highest BCUT2D eigenvalue weighted by Crippen LogP contribution is 2.52. The fraction of sp³-hybridized carbons (Fsp3) is 0.923. The number of hydrogen-bond acceptors (Lipinski definition) is 2. The van der Waals surface area contributed by atoms with E-state index in [-0.39, 0.29) is 23.8 Å². The Morgan fingerprint density at radius 1 is 1.38 bits per heavy atom. The van der Waals surface area contributed by atoms with Crippen molar-refractivity contribution < 1.29 is 9.90 Å². The molecule has 92 valence electrons. The van der Waals surface area contributed by atoms with Crippen LogP contribution < -0.4 is 0 Å². The number of aliphatic hydroxyl groups is 1. The zero-order valence-corrected chi connectivity index (χ0v) is 10.4. The Kier molecular flexibility index (Phi) is 3.24. The maximum absolute atomic E-state index is 12.3. The average molecular weight is 225 g/mol. The summed E-state index contributed by atoms with van der Waals surface area (Å²) in [7, 11) is 0. The third-order valence-electron chi connectivity index (χ3n) is 4.20. The van der Waals surface area contributed by atoms with Crippen LogP contribution in [0, 0.1) is 11.3 Å². The Hall–Kier alpha value is -0.570. The third-order valence-corrected chi connectivity index (χ3v) is 4.20. The highest BCUT2D eigenvalue weighted by atomic mass is 16.3. The fourth-order valence-corrected chi connectivity index (χ4v) is 2.89. The first kappa shape index (κ1) is 11.9. The van der Waals surface area contributed by atoms with Crippen LogP contribution in [0.25, 0.3) is 0 Å². The number of hydrogen-bond donors (Lipinski definition) is 1. The van der Waals surface area contributed by atoms with Gasteiger partial charge in [-0.2, -0.15) is 0 Å². The lowest BCUT2D eigenvalue weighted by Gasteiger charge is -2.29. The number of carbonyl (C=O) groups is 1. The Balaban J connectivity index is 1.98. The second kappa shape index (κ2) is 4.36. The van der Waals surface area contributed by atoms with Crippen LogP contribution in [0.5, 0.6) is 0 Å². The molecule has 0 spiro atoms. The molecule has 0 bridgehead atoms. The van der Waals surface area contributed by atoms with Crippen molar-refractivity contribution in [3.63, 3.8) is 0 Å². The van der Waals surface area contributed by atoms with Crippen LogP contribution in [0.3, 0.4) is 0 Å². The molecule has 2 fully saturated rings. The van der Waals surface area contributed by atoms with Gasteiger partial charge in [-0.1, -0.05) is 26.7 Å². The summed E-state index contributed by atoms with van der Waals surface area (Å²) in [5.74, 6) is 0.491. The molecule has 2 aliphatic rings. The van der Waals surface area contributed by atoms with E-state index in [0.29, 0.717) is 12.6 Å². The smallest absolute Gasteiger partial charge is 0.226 e. The summed E-state index contributed by atoms with van der Waals surface area (Å²) >= 11 is 0. The fourth-order valence-electron chi connectivity index (χ4n) is 2.89. The Labute approximate surface area is 97.8 Å². The lowest BCUT2D eigenvalue weighted by atomic mass is 10.1. The summed E-state index contributed by atoms with van der Waals surface area (Å²) in [6, 6.07) is 0.399. The van der Waals surface area contributed by atoms with Gasteiger partial charge in [0.15, 0.2) is 0 Å². The van der Waals surface area contributed by atoms with Gasteiger partial charge in [-0.05, 0) is 24.7 Å². The number of nitrogens with zero attached hydrogens (tertiary/aromatic N) is 1. The van der Waals surface area contributed by atoms with E-state index >= 15 is 0 Å². The highest BCUT2D eigenvalue weighted by molar-refractivity contribution is 5.82. The minimum absolute atomic E-state index is 0.0926. The molecule has 16 heavy (non-hydrogen) atoms. The molecule has 0 aromatic rings. The van der Waals surface area contributed by atoms with Crippen LogP contribution in [0.4, 0.5) is 0 Å². The molecule has 1 atom stereocenters. The maximum Gasteiger partial charge on any atom is 0.226 e. The quantitative estimate of drug-likeness (QED) is 0.792. The van der Waals surface area contributed by atoms with E-state index in [4.69, 9.17) is 5.11 Å². The molecule has 1 N–H and O–H groups in total. The maximum atomic E-state index is 12.3. The van der Waals surface area contributed by atoms with Gasteiger partial charge in [0.2, 0.25) is 5.91 Å². The Morgan fingerprint density at radius 2 is 1.94 bits per heavy atom. The zero-order chi connectivity index (χ0) is 11.8. The standard InChI is InChI=1S/C13H23NO2/c1-13(2)9-11(13)12(16)14(7-8-15)10-5-3-4-6-10/h10-11,15H,3-9H2,1-2H3. The van der Waals surface area contributed by atoms with Gasteiger partial charge in [-0.25, -0.2) is 0 Å². The van der Waals surface area contributed by atoms with Crippen molar-refractivity contribution in [2.75, 3.05) is 13.2 Å². The van der Waals surface area contributed by atoms with E-state index in [0.717, 1.165) is 19.3 Å². The Bertz CT molecular complexity index is 269. The molecule has 2 aliphatic carbocycles. The molecule has 3 nitrogen and oxygen atoms in total. The van der Waals surface area contributed by atoms with E-state index in [1.807, 2.05) is 4.90 Å². The molecular weight excluding hydrogens is 202 g/mol. The number of rotatable bonds is 4. The van der Waals surface area contributed by atoms with Crippen molar-refractivity contribution in [3.05, 3.63) is 0 Å². The van der Waals surface area contributed by atoms with E-state index in [1.54, 1.807) is 0 Å². The predicted octanol–water partition coefficient (Wildman–Crippen LogP) is 1.80. The van der Waals surface area contributed by atoms with Crippen molar-refractivity contribution in [2.45, 2.75) is 52.0 Å². The van der Waals surface area contributed by atoms with Gasteiger partial charge in [-0.3, -0.25) is 4.79 Å². The molecule has 0 aromatic heterocycles. The minimum Gasteiger partial charge on any atom is -0.395 e. The lowest BCUT2D eigenvalue weighted by molar-refractivity contribution is -0.136. The SMILES string of the molecule is CC1(C)CC1C(=O)N(CCO)C1CCCC1. The van der Waals surface area contributed by atoms with Crippen LogP contribution in [0.15, 0.2) is 0 Å². The number of amides is 1. The molecular formula is C13H23NO2. The molecule has 1 unspecified atom stereocenters. The van der Waals surface area contributed by atoms with Crippen molar-refractivity contribution in [1.82, 2.24) is 4.90 Å². The highest BCUT2D eigenvalue weighted by Gasteiger charge is 2.52. The molecule has 2 saturated carbocycles. The lowest BCUT2D eigenvalue weighted by Crippen LogP contribution is -2.42. The van der Waals surface area contributed by atoms with E-state index in [9.17, 15) is 4.79 Å². The normalized spacial score (nSPS) is 28.1. The first-order chi connectivity index (χ1) is 7.56. The van der Waals surface area contributed by atoms with E-state index in [2.05, 4.69) is 13.8 Å². The van der Waals surface area contributed by atoms with Crippen molar-refractivity contribution in [1.29, 1.82) is 0 Å². The Morgan fingerprint density at radius 3 is 2.38 bits per heavy atom.